The van der Waals surface area contributed by atoms with E-state index < -0.39 is 0 Å². The molecule has 3 heterocycles. The molecule has 166 valence electrons. The molecule has 3 N–H and O–H groups in total. The van der Waals surface area contributed by atoms with Crippen molar-refractivity contribution in [1.82, 2.24) is 20.5 Å². The Hall–Kier alpha value is -2.44. The van der Waals surface area contributed by atoms with Gasteiger partial charge in [0, 0.05) is 31.5 Å². The van der Waals surface area contributed by atoms with Crippen molar-refractivity contribution >= 4 is 5.91 Å². The minimum Gasteiger partial charge on any atom is -0.508 e. The van der Waals surface area contributed by atoms with Gasteiger partial charge in [-0.2, -0.15) is 0 Å². The highest BCUT2D eigenvalue weighted by Crippen LogP contribution is 2.27. The fraction of sp³-hybridized carbons (Fsp3) is 0.520. The third-order valence-corrected chi connectivity index (χ3v) is 6.80. The molecule has 0 radical (unpaired) electrons. The number of aromatic hydroxyl groups is 1. The minimum absolute atomic E-state index is 0.0719. The molecule has 2 aromatic rings. The first kappa shape index (κ1) is 21.8. The van der Waals surface area contributed by atoms with Crippen LogP contribution in [0, 0.1) is 5.92 Å². The zero-order valence-corrected chi connectivity index (χ0v) is 18.6. The van der Waals surface area contributed by atoms with Crippen molar-refractivity contribution in [1.29, 1.82) is 0 Å². The van der Waals surface area contributed by atoms with Gasteiger partial charge in [0.05, 0.1) is 6.04 Å². The van der Waals surface area contributed by atoms with Crippen molar-refractivity contribution in [3.05, 3.63) is 59.4 Å². The first-order valence-electron chi connectivity index (χ1n) is 11.5. The quantitative estimate of drug-likeness (QED) is 0.667. The molecule has 0 spiro atoms. The Balaban J connectivity index is 1.30. The molecule has 2 aliphatic heterocycles. The molecule has 0 aliphatic carbocycles. The number of rotatable bonds is 6. The Morgan fingerprint density at radius 1 is 1.26 bits per heavy atom. The molecule has 1 saturated heterocycles. The van der Waals surface area contributed by atoms with Gasteiger partial charge in [-0.1, -0.05) is 26.0 Å². The van der Waals surface area contributed by atoms with Gasteiger partial charge in [0.2, 0.25) is 5.91 Å². The largest absolute Gasteiger partial charge is 0.508 e. The van der Waals surface area contributed by atoms with E-state index in [4.69, 9.17) is 0 Å². The van der Waals surface area contributed by atoms with Gasteiger partial charge in [0.1, 0.15) is 5.75 Å². The Bertz CT molecular complexity index is 878. The number of hydrogen-bond acceptors (Lipinski definition) is 5. The molecular formula is C25H34N4O2. The summed E-state index contributed by atoms with van der Waals surface area (Å²) in [6.07, 6.45) is 6.76. The van der Waals surface area contributed by atoms with E-state index in [0.29, 0.717) is 24.8 Å². The number of pyridine rings is 1. The van der Waals surface area contributed by atoms with Crippen molar-refractivity contribution in [2.24, 2.45) is 5.92 Å². The zero-order valence-electron chi connectivity index (χ0n) is 18.6. The SMILES string of the molecule is CC(C)[C@@H](CN1CCC(c2cccnc2)CC1)NC(=O)[C@H]1Cc2ccc(O)cc2CN1. The molecule has 6 heteroatoms. The van der Waals surface area contributed by atoms with Crippen LogP contribution in [0.3, 0.4) is 0 Å². The molecule has 31 heavy (non-hydrogen) atoms. The van der Waals surface area contributed by atoms with Crippen LogP contribution in [0.2, 0.25) is 0 Å². The number of piperidine rings is 1. The summed E-state index contributed by atoms with van der Waals surface area (Å²) in [5.74, 6) is 1.30. The molecule has 1 aromatic carbocycles. The molecular weight excluding hydrogens is 388 g/mol. The van der Waals surface area contributed by atoms with Crippen molar-refractivity contribution < 1.29 is 9.90 Å². The molecule has 4 rings (SSSR count). The van der Waals surface area contributed by atoms with Crippen LogP contribution in [0.15, 0.2) is 42.7 Å². The lowest BCUT2D eigenvalue weighted by Crippen LogP contribution is -2.54. The topological polar surface area (TPSA) is 77.5 Å². The second-order valence-corrected chi connectivity index (χ2v) is 9.31. The summed E-state index contributed by atoms with van der Waals surface area (Å²) in [7, 11) is 0. The third-order valence-electron chi connectivity index (χ3n) is 6.80. The molecule has 0 unspecified atom stereocenters. The van der Waals surface area contributed by atoms with E-state index in [0.717, 1.165) is 43.6 Å². The van der Waals surface area contributed by atoms with Crippen LogP contribution < -0.4 is 10.6 Å². The second kappa shape index (κ2) is 9.79. The molecule has 1 amide bonds. The van der Waals surface area contributed by atoms with Gasteiger partial charge in [-0.3, -0.25) is 9.78 Å². The molecule has 0 bridgehead atoms. The van der Waals surface area contributed by atoms with Gasteiger partial charge in [-0.25, -0.2) is 0 Å². The average molecular weight is 423 g/mol. The van der Waals surface area contributed by atoms with E-state index in [1.165, 1.54) is 5.56 Å². The minimum atomic E-state index is -0.227. The van der Waals surface area contributed by atoms with Gasteiger partial charge in [0.15, 0.2) is 0 Å². The molecule has 1 aromatic heterocycles. The van der Waals surface area contributed by atoms with Crippen LogP contribution in [0.4, 0.5) is 0 Å². The van der Waals surface area contributed by atoms with Crippen LogP contribution in [0.5, 0.6) is 5.75 Å². The predicted octanol–water partition coefficient (Wildman–Crippen LogP) is 2.82. The van der Waals surface area contributed by atoms with Crippen molar-refractivity contribution in [3.63, 3.8) is 0 Å². The smallest absolute Gasteiger partial charge is 0.237 e. The van der Waals surface area contributed by atoms with Crippen LogP contribution >= 0.6 is 0 Å². The normalized spacial score (nSPS) is 20.9. The highest BCUT2D eigenvalue weighted by atomic mass is 16.3. The first-order chi connectivity index (χ1) is 15.0. The van der Waals surface area contributed by atoms with Crippen LogP contribution in [0.1, 0.15) is 49.3 Å². The van der Waals surface area contributed by atoms with Gasteiger partial charge in [0.25, 0.3) is 0 Å². The number of likely N-dealkylation sites (tertiary alicyclic amines) is 1. The fourth-order valence-electron chi connectivity index (χ4n) is 4.74. The number of nitrogens with zero attached hydrogens (tertiary/aromatic N) is 2. The van der Waals surface area contributed by atoms with Gasteiger partial charge in [-0.05, 0) is 79.1 Å². The van der Waals surface area contributed by atoms with Gasteiger partial charge in [-0.15, -0.1) is 0 Å². The second-order valence-electron chi connectivity index (χ2n) is 9.31. The lowest BCUT2D eigenvalue weighted by atomic mass is 9.90. The van der Waals surface area contributed by atoms with E-state index in [-0.39, 0.29) is 23.7 Å². The standard InChI is InChI=1S/C25H34N4O2/c1-17(2)24(16-29-10-7-18(8-11-29)20-4-3-9-26-14-20)28-25(31)23-13-19-5-6-22(30)12-21(19)15-27-23/h3-6,9,12,14,17-18,23-24,27,30H,7-8,10-11,13,15-16H2,1-2H3,(H,28,31)/t23-,24-/m1/s1. The average Bonchev–Trinajstić information content (AvgIpc) is 2.79. The maximum Gasteiger partial charge on any atom is 0.237 e. The maximum absolute atomic E-state index is 13.0. The number of fused-ring (bicyclic) bond motifs is 1. The lowest BCUT2D eigenvalue weighted by Gasteiger charge is -2.36. The molecule has 1 fully saturated rings. The van der Waals surface area contributed by atoms with Crippen molar-refractivity contribution in [2.75, 3.05) is 19.6 Å². The number of nitrogens with one attached hydrogen (secondary N) is 2. The molecule has 6 nitrogen and oxygen atoms in total. The highest BCUT2D eigenvalue weighted by Gasteiger charge is 2.29. The summed E-state index contributed by atoms with van der Waals surface area (Å²) >= 11 is 0. The Kier molecular flexibility index (Phi) is 6.88. The number of hydrogen-bond donors (Lipinski definition) is 3. The monoisotopic (exact) mass is 422 g/mol. The van der Waals surface area contributed by atoms with Crippen LogP contribution in [0.25, 0.3) is 0 Å². The van der Waals surface area contributed by atoms with E-state index in [1.807, 2.05) is 24.5 Å². The van der Waals surface area contributed by atoms with E-state index in [9.17, 15) is 9.90 Å². The van der Waals surface area contributed by atoms with E-state index in [2.05, 4.69) is 40.4 Å². The number of carbonyl (C=O) groups excluding carboxylic acids is 1. The zero-order chi connectivity index (χ0) is 21.8. The molecule has 2 aliphatic rings. The number of phenolic OH excluding ortho intramolecular Hbond substituents is 1. The first-order valence-corrected chi connectivity index (χ1v) is 11.5. The predicted molar refractivity (Wildman–Crippen MR) is 122 cm³/mol. The summed E-state index contributed by atoms with van der Waals surface area (Å²) < 4.78 is 0. The number of carbonyl (C=O) groups is 1. The summed E-state index contributed by atoms with van der Waals surface area (Å²) in [5.41, 5.74) is 3.55. The van der Waals surface area contributed by atoms with Crippen molar-refractivity contribution in [3.8, 4) is 5.75 Å². The Morgan fingerprint density at radius 2 is 2.06 bits per heavy atom. The summed E-state index contributed by atoms with van der Waals surface area (Å²) in [5, 5.41) is 16.3. The number of benzene rings is 1. The van der Waals surface area contributed by atoms with E-state index >= 15 is 0 Å². The number of phenols is 1. The van der Waals surface area contributed by atoms with Gasteiger partial charge < -0.3 is 20.6 Å². The van der Waals surface area contributed by atoms with Crippen LogP contribution in [-0.4, -0.2) is 52.6 Å². The molecule has 2 atom stereocenters. The summed E-state index contributed by atoms with van der Waals surface area (Å²) in [6, 6.07) is 9.51. The molecule has 0 saturated carbocycles. The summed E-state index contributed by atoms with van der Waals surface area (Å²) in [6.45, 7) is 7.96. The maximum atomic E-state index is 13.0. The van der Waals surface area contributed by atoms with Crippen LogP contribution in [-0.2, 0) is 17.8 Å². The lowest BCUT2D eigenvalue weighted by molar-refractivity contribution is -0.124. The van der Waals surface area contributed by atoms with Gasteiger partial charge >= 0.3 is 0 Å². The van der Waals surface area contributed by atoms with E-state index in [1.54, 1.807) is 12.1 Å². The Labute approximate surface area is 185 Å². The Morgan fingerprint density at radius 3 is 2.77 bits per heavy atom. The number of aromatic nitrogens is 1. The van der Waals surface area contributed by atoms with Crippen molar-refractivity contribution in [2.45, 2.75) is 57.7 Å². The fourth-order valence-corrected chi connectivity index (χ4v) is 4.74. The highest BCUT2D eigenvalue weighted by molar-refractivity contribution is 5.82. The third kappa shape index (κ3) is 5.43. The summed E-state index contributed by atoms with van der Waals surface area (Å²) in [4.78, 5) is 19.8. The number of amides is 1.